The van der Waals surface area contributed by atoms with Crippen molar-refractivity contribution in [2.45, 2.75) is 25.4 Å². The summed E-state index contributed by atoms with van der Waals surface area (Å²) in [6.07, 6.45) is 2.42. The molecule has 5 nitrogen and oxygen atoms in total. The highest BCUT2D eigenvalue weighted by molar-refractivity contribution is 9.10. The number of aliphatic carboxylic acids is 1. The molecule has 1 atom stereocenters. The Bertz CT molecular complexity index is 921. The van der Waals surface area contributed by atoms with E-state index in [2.05, 4.69) is 21.2 Å². The first-order chi connectivity index (χ1) is 12.5. The Morgan fingerprint density at radius 3 is 2.62 bits per heavy atom. The molecular weight excluding hydrogens is 396 g/mol. The van der Waals surface area contributed by atoms with Crippen molar-refractivity contribution in [3.8, 4) is 0 Å². The van der Waals surface area contributed by atoms with Crippen LogP contribution in [-0.2, 0) is 22.6 Å². The van der Waals surface area contributed by atoms with Crippen LogP contribution >= 0.6 is 15.9 Å². The number of hydrogen-bond donors (Lipinski definition) is 2. The van der Waals surface area contributed by atoms with E-state index in [1.54, 1.807) is 0 Å². The standard InChI is InChI=1S/C20H19BrN2O3/c21-16-6-7-18-15(13-16)8-10-23(18)11-9-19(24)22-17(20(25)26)12-14-4-2-1-3-5-14/h1-8,10,13,17H,9,11-12H2,(H,22,24)(H,25,26). The maximum atomic E-state index is 12.2. The maximum absolute atomic E-state index is 12.2. The Hall–Kier alpha value is -2.60. The molecule has 3 rings (SSSR count). The van der Waals surface area contributed by atoms with Crippen LogP contribution in [-0.4, -0.2) is 27.6 Å². The zero-order valence-corrected chi connectivity index (χ0v) is 15.6. The van der Waals surface area contributed by atoms with Gasteiger partial charge < -0.3 is 15.0 Å². The van der Waals surface area contributed by atoms with Crippen molar-refractivity contribution in [1.29, 1.82) is 0 Å². The minimum Gasteiger partial charge on any atom is -0.480 e. The third kappa shape index (κ3) is 4.52. The predicted molar refractivity (Wildman–Crippen MR) is 104 cm³/mol. The molecule has 1 unspecified atom stereocenters. The molecule has 0 radical (unpaired) electrons. The van der Waals surface area contributed by atoms with E-state index in [1.807, 2.05) is 65.4 Å². The molecule has 0 aliphatic rings. The second-order valence-corrected chi connectivity index (χ2v) is 7.03. The lowest BCUT2D eigenvalue weighted by molar-refractivity contribution is -0.141. The first-order valence-corrected chi connectivity index (χ1v) is 9.13. The van der Waals surface area contributed by atoms with Crippen LogP contribution in [0, 0.1) is 0 Å². The molecular formula is C20H19BrN2O3. The average Bonchev–Trinajstić information content (AvgIpc) is 3.02. The second-order valence-electron chi connectivity index (χ2n) is 6.11. The number of aryl methyl sites for hydroxylation is 1. The van der Waals surface area contributed by atoms with E-state index in [4.69, 9.17) is 0 Å². The summed E-state index contributed by atoms with van der Waals surface area (Å²) in [5.41, 5.74) is 1.92. The van der Waals surface area contributed by atoms with Gasteiger partial charge in [0.05, 0.1) is 0 Å². The summed E-state index contributed by atoms with van der Waals surface area (Å²) in [5.74, 6) is -1.30. The quantitative estimate of drug-likeness (QED) is 0.620. The van der Waals surface area contributed by atoms with Crippen molar-refractivity contribution in [1.82, 2.24) is 9.88 Å². The lowest BCUT2D eigenvalue weighted by Gasteiger charge is -2.15. The fourth-order valence-electron chi connectivity index (χ4n) is 2.90. The van der Waals surface area contributed by atoms with Crippen molar-refractivity contribution in [2.24, 2.45) is 0 Å². The van der Waals surface area contributed by atoms with Crippen LogP contribution in [0.4, 0.5) is 0 Å². The Morgan fingerprint density at radius 1 is 1.12 bits per heavy atom. The first kappa shape index (κ1) is 18.2. The zero-order valence-electron chi connectivity index (χ0n) is 14.1. The van der Waals surface area contributed by atoms with Gasteiger partial charge in [-0.3, -0.25) is 4.79 Å². The smallest absolute Gasteiger partial charge is 0.326 e. The number of carboxylic acid groups (broad SMARTS) is 1. The van der Waals surface area contributed by atoms with E-state index in [0.29, 0.717) is 6.54 Å². The normalized spacial score (nSPS) is 12.0. The van der Waals surface area contributed by atoms with Crippen LogP contribution in [0.3, 0.4) is 0 Å². The number of nitrogens with zero attached hydrogens (tertiary/aromatic N) is 1. The van der Waals surface area contributed by atoms with Gasteiger partial charge in [0, 0.05) is 41.0 Å². The fourth-order valence-corrected chi connectivity index (χ4v) is 3.28. The van der Waals surface area contributed by atoms with E-state index < -0.39 is 12.0 Å². The third-order valence-electron chi connectivity index (χ3n) is 4.23. The van der Waals surface area contributed by atoms with Gasteiger partial charge in [0.1, 0.15) is 6.04 Å². The summed E-state index contributed by atoms with van der Waals surface area (Å²) in [5, 5.41) is 13.1. The molecule has 2 aromatic carbocycles. The molecule has 0 fully saturated rings. The van der Waals surface area contributed by atoms with Crippen LogP contribution in [0.5, 0.6) is 0 Å². The van der Waals surface area contributed by atoms with Crippen LogP contribution in [0.25, 0.3) is 10.9 Å². The minimum absolute atomic E-state index is 0.221. The predicted octanol–water partition coefficient (Wildman–Crippen LogP) is 3.61. The van der Waals surface area contributed by atoms with Gasteiger partial charge in [-0.2, -0.15) is 0 Å². The number of carbonyl (C=O) groups excluding carboxylic acids is 1. The van der Waals surface area contributed by atoms with Gasteiger partial charge in [-0.05, 0) is 29.8 Å². The molecule has 0 saturated carbocycles. The van der Waals surface area contributed by atoms with Gasteiger partial charge in [-0.1, -0.05) is 46.3 Å². The Balaban J connectivity index is 1.60. The fraction of sp³-hybridized carbons (Fsp3) is 0.200. The summed E-state index contributed by atoms with van der Waals surface area (Å²) in [7, 11) is 0. The van der Waals surface area contributed by atoms with Crippen molar-refractivity contribution < 1.29 is 14.7 Å². The topological polar surface area (TPSA) is 71.3 Å². The number of nitrogens with one attached hydrogen (secondary N) is 1. The summed E-state index contributed by atoms with van der Waals surface area (Å²) < 4.78 is 3.00. The largest absolute Gasteiger partial charge is 0.480 e. The lowest BCUT2D eigenvalue weighted by atomic mass is 10.1. The molecule has 1 heterocycles. The van der Waals surface area contributed by atoms with Gasteiger partial charge in [0.2, 0.25) is 5.91 Å². The number of carbonyl (C=O) groups is 2. The molecule has 2 N–H and O–H groups in total. The van der Waals surface area contributed by atoms with Crippen LogP contribution < -0.4 is 5.32 Å². The highest BCUT2D eigenvalue weighted by atomic mass is 79.9. The van der Waals surface area contributed by atoms with Gasteiger partial charge >= 0.3 is 5.97 Å². The van der Waals surface area contributed by atoms with E-state index in [0.717, 1.165) is 20.9 Å². The van der Waals surface area contributed by atoms with E-state index >= 15 is 0 Å². The number of benzene rings is 2. The van der Waals surface area contributed by atoms with Crippen LogP contribution in [0.1, 0.15) is 12.0 Å². The summed E-state index contributed by atoms with van der Waals surface area (Å²) in [4.78, 5) is 23.7. The van der Waals surface area contributed by atoms with E-state index in [1.165, 1.54) is 0 Å². The van der Waals surface area contributed by atoms with E-state index in [-0.39, 0.29) is 18.7 Å². The van der Waals surface area contributed by atoms with Crippen molar-refractivity contribution in [2.75, 3.05) is 0 Å². The number of fused-ring (bicyclic) bond motifs is 1. The molecule has 6 heteroatoms. The summed E-state index contributed by atoms with van der Waals surface area (Å²) in [6.45, 7) is 0.495. The van der Waals surface area contributed by atoms with Crippen LogP contribution in [0.15, 0.2) is 65.3 Å². The van der Waals surface area contributed by atoms with Crippen molar-refractivity contribution in [3.05, 3.63) is 70.8 Å². The summed E-state index contributed by atoms with van der Waals surface area (Å²) >= 11 is 3.44. The minimum atomic E-state index is -1.03. The van der Waals surface area contributed by atoms with E-state index in [9.17, 15) is 14.7 Å². The molecule has 26 heavy (non-hydrogen) atoms. The first-order valence-electron chi connectivity index (χ1n) is 8.33. The summed E-state index contributed by atoms with van der Waals surface area (Å²) in [6, 6.07) is 16.3. The van der Waals surface area contributed by atoms with Gasteiger partial charge in [0.25, 0.3) is 0 Å². The van der Waals surface area contributed by atoms with Crippen LogP contribution in [0.2, 0.25) is 0 Å². The molecule has 0 aliphatic carbocycles. The number of aromatic nitrogens is 1. The van der Waals surface area contributed by atoms with Gasteiger partial charge in [0.15, 0.2) is 0 Å². The molecule has 1 amide bonds. The Kier molecular flexibility index (Phi) is 5.73. The highest BCUT2D eigenvalue weighted by Gasteiger charge is 2.20. The molecule has 0 spiro atoms. The molecule has 1 aromatic heterocycles. The average molecular weight is 415 g/mol. The molecule has 134 valence electrons. The number of rotatable bonds is 7. The maximum Gasteiger partial charge on any atom is 0.326 e. The molecule has 0 saturated heterocycles. The highest BCUT2D eigenvalue weighted by Crippen LogP contribution is 2.21. The van der Waals surface area contributed by atoms with Crippen molar-refractivity contribution in [3.63, 3.8) is 0 Å². The molecule has 3 aromatic rings. The monoisotopic (exact) mass is 414 g/mol. The number of hydrogen-bond acceptors (Lipinski definition) is 2. The van der Waals surface area contributed by atoms with Gasteiger partial charge in [-0.15, -0.1) is 0 Å². The zero-order chi connectivity index (χ0) is 18.5. The third-order valence-corrected chi connectivity index (χ3v) is 4.72. The lowest BCUT2D eigenvalue weighted by Crippen LogP contribution is -2.42. The van der Waals surface area contributed by atoms with Crippen molar-refractivity contribution >= 4 is 38.7 Å². The Labute approximate surface area is 159 Å². The molecule has 0 bridgehead atoms. The number of halogens is 1. The molecule has 0 aliphatic heterocycles. The number of carboxylic acids is 1. The number of amides is 1. The SMILES string of the molecule is O=C(CCn1ccc2cc(Br)ccc21)NC(Cc1ccccc1)C(=O)O. The Morgan fingerprint density at radius 2 is 1.88 bits per heavy atom. The van der Waals surface area contributed by atoms with Gasteiger partial charge in [-0.25, -0.2) is 4.79 Å². The second kappa shape index (κ2) is 8.19.